The summed E-state index contributed by atoms with van der Waals surface area (Å²) in [5.74, 6) is 0. The molecule has 1 nitrogen and oxygen atoms in total. The minimum Gasteiger partial charge on any atom is -1.00 e. The van der Waals surface area contributed by atoms with Gasteiger partial charge in [0.2, 0.25) is 0 Å². The minimum atomic E-state index is -1.47. The molecule has 0 N–H and O–H groups in total. The van der Waals surface area contributed by atoms with Gasteiger partial charge in [0.15, 0.2) is 0 Å². The third kappa shape index (κ3) is 6.25. The first kappa shape index (κ1) is 23.5. The molecule has 3 rings (SSSR count). The van der Waals surface area contributed by atoms with Gasteiger partial charge in [-0.15, -0.1) is 0 Å². The molecule has 0 aromatic heterocycles. The van der Waals surface area contributed by atoms with E-state index in [1.807, 2.05) is 0 Å². The van der Waals surface area contributed by atoms with Crippen LogP contribution in [-0.4, -0.2) is 17.1 Å². The first-order valence-corrected chi connectivity index (χ1v) is 14.7. The third-order valence-corrected chi connectivity index (χ3v) is 11.8. The molecule has 0 spiro atoms. The maximum atomic E-state index is 6.28. The zero-order valence-corrected chi connectivity index (χ0v) is 20.2. The van der Waals surface area contributed by atoms with Gasteiger partial charge in [0.25, 0.3) is 0 Å². The predicted molar refractivity (Wildman–Crippen MR) is 105 cm³/mol. The zero-order valence-electron chi connectivity index (χ0n) is 15.3. The first-order chi connectivity index (χ1) is 11.5. The van der Waals surface area contributed by atoms with Crippen LogP contribution < -0.4 is 35.2 Å². The number of hydrogen-bond acceptors (Lipinski definition) is 1. The molecule has 0 heterocycles. The Morgan fingerprint density at radius 1 is 0.846 bits per heavy atom. The molecule has 26 heavy (non-hydrogen) atoms. The van der Waals surface area contributed by atoms with Crippen LogP contribution in [0.25, 0.3) is 0 Å². The summed E-state index contributed by atoms with van der Waals surface area (Å²) in [5.41, 5.74) is 0. The van der Waals surface area contributed by atoms with Crippen LogP contribution >= 0.6 is 0 Å². The molecule has 1 aliphatic carbocycles. The van der Waals surface area contributed by atoms with Crippen LogP contribution in [0.5, 0.6) is 0 Å². The fraction of sp³-hybridized carbons (Fsp3) is 0.200. The van der Waals surface area contributed by atoms with Crippen molar-refractivity contribution in [1.82, 2.24) is 0 Å². The van der Waals surface area contributed by atoms with Crippen molar-refractivity contribution in [2.24, 2.45) is 0 Å². The molecule has 6 heteroatoms. The van der Waals surface area contributed by atoms with E-state index in [1.54, 1.807) is 5.20 Å². The van der Waals surface area contributed by atoms with Gasteiger partial charge >= 0.3 is 155 Å². The van der Waals surface area contributed by atoms with Gasteiger partial charge in [-0.1, -0.05) is 0 Å². The quantitative estimate of drug-likeness (QED) is 0.440. The molecule has 0 saturated heterocycles. The Balaban J connectivity index is 0.00000169. The molecule has 0 radical (unpaired) electrons. The molecule has 2 aromatic rings. The summed E-state index contributed by atoms with van der Waals surface area (Å²) in [4.78, 5) is 0. The summed E-state index contributed by atoms with van der Waals surface area (Å²) < 4.78 is 7.76. The molecule has 0 fully saturated rings. The van der Waals surface area contributed by atoms with E-state index in [1.165, 1.54) is 14.8 Å². The number of allylic oxidation sites excluding steroid dienone is 4. The van der Waals surface area contributed by atoms with Crippen molar-refractivity contribution in [3.8, 4) is 0 Å². The van der Waals surface area contributed by atoms with E-state index in [2.05, 4.69) is 92.5 Å². The summed E-state index contributed by atoms with van der Waals surface area (Å²) in [7, 11) is -2.85. The van der Waals surface area contributed by atoms with Crippen molar-refractivity contribution in [1.29, 1.82) is 0 Å². The second-order valence-corrected chi connectivity index (χ2v) is 16.0. The van der Waals surface area contributed by atoms with Crippen LogP contribution in [0.1, 0.15) is 6.42 Å². The molecule has 0 amide bonds. The van der Waals surface area contributed by atoms with Crippen molar-refractivity contribution >= 4 is 27.5 Å². The van der Waals surface area contributed by atoms with Crippen LogP contribution in [-0.2, 0) is 19.0 Å². The molecular weight excluding hydrogens is 435 g/mol. The first-order valence-electron chi connectivity index (χ1n) is 8.40. The van der Waals surface area contributed by atoms with Crippen LogP contribution in [0.4, 0.5) is 0 Å². The van der Waals surface area contributed by atoms with E-state index >= 15 is 0 Å². The van der Waals surface area contributed by atoms with Gasteiger partial charge in [-0.2, -0.15) is 0 Å². The Labute approximate surface area is 179 Å². The second-order valence-electron chi connectivity index (χ2n) is 7.03. The van der Waals surface area contributed by atoms with Crippen molar-refractivity contribution < 1.29 is 43.8 Å². The van der Waals surface area contributed by atoms with Crippen molar-refractivity contribution in [2.75, 3.05) is 0 Å². The van der Waals surface area contributed by atoms with Gasteiger partial charge in [0, 0.05) is 0 Å². The zero-order chi connectivity index (χ0) is 17.0. The van der Waals surface area contributed by atoms with Gasteiger partial charge in [-0.25, -0.2) is 0 Å². The van der Waals surface area contributed by atoms with E-state index in [9.17, 15) is 0 Å². The standard InChI is InChI=1S/C17H15Si.C3H9OSi.2ClH.Cr/c1-3-9-15(10-4-1)18(17-13-7-8-14-17)16-11-5-2-6-12-16;1-5(2,3)4;;;/h1-12,18H,13H2;1-3H3;2*1H;/q;-1;;;+3/p-2. The molecule has 0 atom stereocenters. The topological polar surface area (TPSA) is 9.23 Å². The number of halogens is 2. The van der Waals surface area contributed by atoms with Gasteiger partial charge in [0.1, 0.15) is 0 Å². The van der Waals surface area contributed by atoms with E-state index in [0.29, 0.717) is 0 Å². The SMILES string of the molecule is C[Si](C)(C)[O][Cr+2][C]1=C([SiH](c2ccccc2)c2ccccc2)CC=C1.[Cl-].[Cl-]. The summed E-state index contributed by atoms with van der Waals surface area (Å²) in [6, 6.07) is 22.1. The fourth-order valence-corrected chi connectivity index (χ4v) is 9.27. The van der Waals surface area contributed by atoms with Crippen LogP contribution in [0, 0.1) is 0 Å². The molecule has 138 valence electrons. The van der Waals surface area contributed by atoms with E-state index < -0.39 is 17.1 Å². The maximum Gasteiger partial charge on any atom is -1.00 e. The third-order valence-electron chi connectivity index (χ3n) is 3.92. The van der Waals surface area contributed by atoms with E-state index in [0.717, 1.165) is 6.42 Å². The fourth-order valence-electron chi connectivity index (χ4n) is 2.90. The van der Waals surface area contributed by atoms with Crippen LogP contribution in [0.2, 0.25) is 19.6 Å². The number of rotatable bonds is 6. The van der Waals surface area contributed by atoms with E-state index in [-0.39, 0.29) is 40.4 Å². The molecule has 2 aromatic carbocycles. The summed E-state index contributed by atoms with van der Waals surface area (Å²) >= 11 is 0.140. The van der Waals surface area contributed by atoms with Crippen molar-refractivity contribution in [3.05, 3.63) is 82.4 Å². The number of hydrogen-bond donors (Lipinski definition) is 0. The minimum absolute atomic E-state index is 0. The summed E-state index contributed by atoms with van der Waals surface area (Å²) in [6.07, 6.45) is 5.74. The molecule has 0 unspecified atom stereocenters. The van der Waals surface area contributed by atoms with Gasteiger partial charge in [-0.3, -0.25) is 0 Å². The Morgan fingerprint density at radius 3 is 1.81 bits per heavy atom. The van der Waals surface area contributed by atoms with Crippen molar-refractivity contribution in [3.63, 3.8) is 0 Å². The van der Waals surface area contributed by atoms with E-state index in [4.69, 9.17) is 3.48 Å². The monoisotopic (exact) mass is 458 g/mol. The molecule has 0 aliphatic heterocycles. The second kappa shape index (κ2) is 10.7. The molecule has 0 saturated carbocycles. The maximum absolute atomic E-state index is 6.28. The smallest absolute Gasteiger partial charge is 1.00 e. The Hall–Kier alpha value is -0.574. The van der Waals surface area contributed by atoms with Crippen LogP contribution in [0.3, 0.4) is 0 Å². The molecular formula is C20H24Cl2CrOSi2. The number of benzene rings is 2. The predicted octanol–water partition coefficient (Wildman–Crippen LogP) is -2.36. The van der Waals surface area contributed by atoms with Crippen LogP contribution in [0.15, 0.2) is 82.4 Å². The largest absolute Gasteiger partial charge is 1.00 e. The van der Waals surface area contributed by atoms with Crippen molar-refractivity contribution in [2.45, 2.75) is 26.1 Å². The average Bonchev–Trinajstić information content (AvgIpc) is 3.03. The van der Waals surface area contributed by atoms with Gasteiger partial charge in [-0.05, 0) is 0 Å². The molecule has 0 bridgehead atoms. The summed E-state index contributed by atoms with van der Waals surface area (Å²) in [5, 5.41) is 4.65. The molecule has 1 aliphatic rings. The Bertz CT molecular complexity index is 704. The average molecular weight is 459 g/mol. The van der Waals surface area contributed by atoms with Gasteiger partial charge in [0.05, 0.1) is 0 Å². The summed E-state index contributed by atoms with van der Waals surface area (Å²) in [6.45, 7) is 6.82. The normalized spacial score (nSPS) is 13.4. The Kier molecular flexibility index (Phi) is 9.64. The Morgan fingerprint density at radius 2 is 1.35 bits per heavy atom. The van der Waals surface area contributed by atoms with Gasteiger partial charge < -0.3 is 24.8 Å².